The second-order valence-electron chi connectivity index (χ2n) is 6.96. The number of carbonyl (C=O) groups excluding carboxylic acids is 2. The molecule has 1 fully saturated rings. The monoisotopic (exact) mass is 459 g/mol. The normalized spacial score (nSPS) is 16.8. The molecule has 1 saturated heterocycles. The minimum absolute atomic E-state index is 0.133. The van der Waals surface area contributed by atoms with E-state index in [0.29, 0.717) is 4.34 Å². The first-order chi connectivity index (χ1) is 13.7. The van der Waals surface area contributed by atoms with Crippen molar-refractivity contribution < 1.29 is 22.4 Å². The van der Waals surface area contributed by atoms with Crippen LogP contribution in [0.5, 0.6) is 0 Å². The number of thiophene rings is 1. The highest BCUT2D eigenvalue weighted by Gasteiger charge is 2.35. The van der Waals surface area contributed by atoms with Gasteiger partial charge in [-0.2, -0.15) is 4.31 Å². The topological polar surface area (TPSA) is 99.9 Å². The lowest BCUT2D eigenvalue weighted by Crippen LogP contribution is -2.57. The zero-order valence-corrected chi connectivity index (χ0v) is 18.4. The molecule has 0 bridgehead atoms. The standard InChI is InChI=1S/C18H22ClN3O5S2/c1-12(2)16(20-17(23)13-4-3-11-27-13)18(24)21-7-9-22(10-8-21)29(25,26)15-6-5-14(19)28-15/h3-6,11-12,16H,7-10H2,1-2H3,(H,20,23)/t16-/m1/s1. The number of amides is 2. The van der Waals surface area contributed by atoms with Crippen molar-refractivity contribution in [1.29, 1.82) is 0 Å². The Labute approximate surface area is 178 Å². The van der Waals surface area contributed by atoms with Crippen LogP contribution in [0.1, 0.15) is 24.4 Å². The van der Waals surface area contributed by atoms with Crippen molar-refractivity contribution in [3.8, 4) is 0 Å². The molecule has 0 radical (unpaired) electrons. The zero-order valence-electron chi connectivity index (χ0n) is 16.0. The van der Waals surface area contributed by atoms with Gasteiger partial charge in [0.2, 0.25) is 5.91 Å². The summed E-state index contributed by atoms with van der Waals surface area (Å²) in [5.41, 5.74) is 0. The number of nitrogens with one attached hydrogen (secondary N) is 1. The third-order valence-corrected chi connectivity index (χ3v) is 8.25. The fraction of sp³-hybridized carbons (Fsp3) is 0.444. The first-order valence-corrected chi connectivity index (χ1v) is 11.7. The highest BCUT2D eigenvalue weighted by molar-refractivity contribution is 7.91. The molecule has 1 aliphatic heterocycles. The van der Waals surface area contributed by atoms with Gasteiger partial charge >= 0.3 is 0 Å². The van der Waals surface area contributed by atoms with E-state index in [0.717, 1.165) is 11.3 Å². The van der Waals surface area contributed by atoms with Crippen LogP contribution < -0.4 is 5.32 Å². The predicted molar refractivity (Wildman–Crippen MR) is 109 cm³/mol. The minimum atomic E-state index is -3.63. The maximum atomic E-state index is 13.0. The smallest absolute Gasteiger partial charge is 0.287 e. The van der Waals surface area contributed by atoms with E-state index in [-0.39, 0.29) is 48.0 Å². The molecule has 0 aliphatic carbocycles. The van der Waals surface area contributed by atoms with Crippen LogP contribution in [0.3, 0.4) is 0 Å². The number of carbonyl (C=O) groups is 2. The van der Waals surface area contributed by atoms with Crippen molar-refractivity contribution in [3.63, 3.8) is 0 Å². The molecule has 29 heavy (non-hydrogen) atoms. The average Bonchev–Trinajstić information content (AvgIpc) is 3.37. The first-order valence-electron chi connectivity index (χ1n) is 9.09. The van der Waals surface area contributed by atoms with E-state index < -0.39 is 22.0 Å². The van der Waals surface area contributed by atoms with Crippen LogP contribution in [0.4, 0.5) is 0 Å². The van der Waals surface area contributed by atoms with Crippen molar-refractivity contribution in [2.45, 2.75) is 24.1 Å². The molecule has 2 aromatic heterocycles. The van der Waals surface area contributed by atoms with E-state index >= 15 is 0 Å². The Balaban J connectivity index is 1.64. The molecular weight excluding hydrogens is 438 g/mol. The van der Waals surface area contributed by atoms with E-state index in [4.69, 9.17) is 16.0 Å². The lowest BCUT2D eigenvalue weighted by molar-refractivity contribution is -0.135. The van der Waals surface area contributed by atoms with Crippen LogP contribution in [0.25, 0.3) is 0 Å². The molecular formula is C18H22ClN3O5S2. The van der Waals surface area contributed by atoms with E-state index in [1.807, 2.05) is 13.8 Å². The maximum absolute atomic E-state index is 13.0. The van der Waals surface area contributed by atoms with Crippen molar-refractivity contribution in [2.24, 2.45) is 5.92 Å². The van der Waals surface area contributed by atoms with Gasteiger partial charge in [0, 0.05) is 26.2 Å². The van der Waals surface area contributed by atoms with Crippen molar-refractivity contribution >= 4 is 44.8 Å². The van der Waals surface area contributed by atoms with E-state index in [1.54, 1.807) is 17.0 Å². The Bertz CT molecular complexity index is 964. The number of rotatable bonds is 6. The third kappa shape index (κ3) is 4.82. The molecule has 2 amide bonds. The molecule has 0 unspecified atom stereocenters. The molecule has 1 aliphatic rings. The summed E-state index contributed by atoms with van der Waals surface area (Å²) >= 11 is 6.86. The fourth-order valence-electron chi connectivity index (χ4n) is 3.04. The van der Waals surface area contributed by atoms with Crippen LogP contribution in [0.15, 0.2) is 39.2 Å². The molecule has 3 heterocycles. The lowest BCUT2D eigenvalue weighted by atomic mass is 10.0. The van der Waals surface area contributed by atoms with Crippen LogP contribution in [0, 0.1) is 5.92 Å². The Kier molecular flexibility index (Phi) is 6.67. The molecule has 0 aromatic carbocycles. The first kappa shape index (κ1) is 21.8. The molecule has 1 atom stereocenters. The second-order valence-corrected chi connectivity index (χ2v) is 10.8. The third-order valence-electron chi connectivity index (χ3n) is 4.66. The zero-order chi connectivity index (χ0) is 21.2. The van der Waals surface area contributed by atoms with E-state index in [2.05, 4.69) is 5.32 Å². The van der Waals surface area contributed by atoms with Gasteiger partial charge in [-0.3, -0.25) is 9.59 Å². The van der Waals surface area contributed by atoms with Gasteiger partial charge in [-0.25, -0.2) is 8.42 Å². The van der Waals surface area contributed by atoms with Crippen molar-refractivity contribution in [3.05, 3.63) is 40.6 Å². The van der Waals surface area contributed by atoms with Gasteiger partial charge in [0.05, 0.1) is 10.6 Å². The number of furan rings is 1. The number of hydrogen-bond acceptors (Lipinski definition) is 6. The van der Waals surface area contributed by atoms with Crippen LogP contribution in [-0.2, 0) is 14.8 Å². The summed E-state index contributed by atoms with van der Waals surface area (Å²) in [4.78, 5) is 26.8. The lowest BCUT2D eigenvalue weighted by Gasteiger charge is -2.36. The minimum Gasteiger partial charge on any atom is -0.459 e. The van der Waals surface area contributed by atoms with Gasteiger partial charge in [-0.05, 0) is 30.2 Å². The molecule has 0 saturated carbocycles. The largest absolute Gasteiger partial charge is 0.459 e. The van der Waals surface area contributed by atoms with Gasteiger partial charge in [-0.1, -0.05) is 25.4 Å². The summed E-state index contributed by atoms with van der Waals surface area (Å²) in [6.45, 7) is 4.54. The summed E-state index contributed by atoms with van der Waals surface area (Å²) < 4.78 is 32.4. The number of nitrogens with zero attached hydrogens (tertiary/aromatic N) is 2. The molecule has 11 heteroatoms. The summed E-state index contributed by atoms with van der Waals surface area (Å²) in [7, 11) is -3.63. The van der Waals surface area contributed by atoms with Gasteiger partial charge in [0.25, 0.3) is 15.9 Å². The Morgan fingerprint density at radius 1 is 1.17 bits per heavy atom. The summed E-state index contributed by atoms with van der Waals surface area (Å²) in [6.07, 6.45) is 1.39. The number of halogens is 1. The van der Waals surface area contributed by atoms with Crippen LogP contribution >= 0.6 is 22.9 Å². The van der Waals surface area contributed by atoms with Gasteiger partial charge in [-0.15, -0.1) is 11.3 Å². The highest BCUT2D eigenvalue weighted by Crippen LogP contribution is 2.28. The second kappa shape index (κ2) is 8.86. The quantitative estimate of drug-likeness (QED) is 0.714. The van der Waals surface area contributed by atoms with Gasteiger partial charge < -0.3 is 14.6 Å². The Morgan fingerprint density at radius 3 is 2.38 bits per heavy atom. The predicted octanol–water partition coefficient (Wildman–Crippen LogP) is 2.28. The van der Waals surface area contributed by atoms with Crippen molar-refractivity contribution in [1.82, 2.24) is 14.5 Å². The number of piperazine rings is 1. The van der Waals surface area contributed by atoms with E-state index in [9.17, 15) is 18.0 Å². The molecule has 3 rings (SSSR count). The maximum Gasteiger partial charge on any atom is 0.287 e. The molecule has 0 spiro atoms. The summed E-state index contributed by atoms with van der Waals surface area (Å²) in [5.74, 6) is -0.709. The highest BCUT2D eigenvalue weighted by atomic mass is 35.5. The average molecular weight is 460 g/mol. The van der Waals surface area contributed by atoms with Crippen molar-refractivity contribution in [2.75, 3.05) is 26.2 Å². The number of sulfonamides is 1. The Morgan fingerprint density at radius 2 is 1.86 bits per heavy atom. The summed E-state index contributed by atoms with van der Waals surface area (Å²) in [5, 5.41) is 2.72. The summed E-state index contributed by atoms with van der Waals surface area (Å²) in [6, 6.07) is 5.43. The SMILES string of the molecule is CC(C)[C@@H](NC(=O)c1ccco1)C(=O)N1CCN(S(=O)(=O)c2ccc(Cl)s2)CC1. The van der Waals surface area contributed by atoms with Crippen LogP contribution in [0.2, 0.25) is 4.34 Å². The van der Waals surface area contributed by atoms with E-state index in [1.165, 1.54) is 22.7 Å². The molecule has 158 valence electrons. The van der Waals surface area contributed by atoms with Crippen LogP contribution in [-0.4, -0.2) is 61.7 Å². The fourth-order valence-corrected chi connectivity index (χ4v) is 6.10. The van der Waals surface area contributed by atoms with Gasteiger partial charge in [0.15, 0.2) is 5.76 Å². The number of hydrogen-bond donors (Lipinski definition) is 1. The Hall–Kier alpha value is -1.88. The molecule has 1 N–H and O–H groups in total. The molecule has 2 aromatic rings. The van der Waals surface area contributed by atoms with Gasteiger partial charge in [0.1, 0.15) is 10.3 Å². The molecule has 8 nitrogen and oxygen atoms in total.